The zero-order valence-electron chi connectivity index (χ0n) is 14.9. The van der Waals surface area contributed by atoms with Crippen molar-refractivity contribution in [1.82, 2.24) is 5.16 Å². The van der Waals surface area contributed by atoms with Crippen LogP contribution in [0.5, 0.6) is 0 Å². The minimum Gasteiger partial charge on any atom is -0.457 e. The van der Waals surface area contributed by atoms with Crippen LogP contribution in [0.3, 0.4) is 0 Å². The minimum absolute atomic E-state index is 0.00914. The van der Waals surface area contributed by atoms with Gasteiger partial charge in [-0.3, -0.25) is 0 Å². The largest absolute Gasteiger partial charge is 0.457 e. The van der Waals surface area contributed by atoms with Crippen molar-refractivity contribution in [3.05, 3.63) is 61.8 Å². The lowest BCUT2D eigenvalue weighted by Gasteiger charge is -2.09. The molecule has 6 nitrogen and oxygen atoms in total. The van der Waals surface area contributed by atoms with Gasteiger partial charge in [-0.1, -0.05) is 30.6 Å². The molecule has 3 rings (SSSR count). The molecular weight excluding hydrogens is 358 g/mol. The van der Waals surface area contributed by atoms with Crippen molar-refractivity contribution in [3.63, 3.8) is 0 Å². The zero-order valence-corrected chi connectivity index (χ0v) is 15.6. The van der Waals surface area contributed by atoms with Crippen molar-refractivity contribution in [1.29, 1.82) is 0 Å². The van der Waals surface area contributed by atoms with E-state index in [0.717, 1.165) is 5.56 Å². The summed E-state index contributed by atoms with van der Waals surface area (Å²) in [5, 5.41) is 5.00. The van der Waals surface area contributed by atoms with Crippen LogP contribution in [-0.4, -0.2) is 11.1 Å². The van der Waals surface area contributed by atoms with Gasteiger partial charge in [0.05, 0.1) is 5.69 Å². The highest BCUT2D eigenvalue weighted by Crippen LogP contribution is 2.27. The standard InChI is InChI=1S/C19H18ClNO5/c1-9(2)18-17(11(4)21-26-18)19(23)24-8-12-6-16(22)25-15-5-10(3)14(20)7-13(12)15/h5-7,9H,8H2,1-4H3. The van der Waals surface area contributed by atoms with E-state index in [2.05, 4.69) is 5.16 Å². The molecule has 26 heavy (non-hydrogen) atoms. The van der Waals surface area contributed by atoms with E-state index in [1.165, 1.54) is 6.07 Å². The number of hydrogen-bond acceptors (Lipinski definition) is 6. The Morgan fingerprint density at radius 2 is 2.00 bits per heavy atom. The molecule has 0 saturated heterocycles. The summed E-state index contributed by atoms with van der Waals surface area (Å²) in [6, 6.07) is 4.68. The van der Waals surface area contributed by atoms with Crippen LogP contribution >= 0.6 is 11.6 Å². The molecule has 3 aromatic rings. The number of nitrogens with zero attached hydrogens (tertiary/aromatic N) is 1. The van der Waals surface area contributed by atoms with Crippen LogP contribution in [0.4, 0.5) is 0 Å². The summed E-state index contributed by atoms with van der Waals surface area (Å²) >= 11 is 6.17. The smallest absolute Gasteiger partial charge is 0.344 e. The number of carbonyl (C=O) groups is 1. The van der Waals surface area contributed by atoms with Crippen molar-refractivity contribution in [2.75, 3.05) is 0 Å². The summed E-state index contributed by atoms with van der Waals surface area (Å²) in [7, 11) is 0. The molecule has 2 aromatic heterocycles. The number of fused-ring (bicyclic) bond motifs is 1. The van der Waals surface area contributed by atoms with E-state index >= 15 is 0 Å². The van der Waals surface area contributed by atoms with Crippen molar-refractivity contribution in [2.24, 2.45) is 0 Å². The number of esters is 1. The van der Waals surface area contributed by atoms with Crippen LogP contribution in [0, 0.1) is 13.8 Å². The van der Waals surface area contributed by atoms with Crippen molar-refractivity contribution in [2.45, 2.75) is 40.2 Å². The van der Waals surface area contributed by atoms with Crippen LogP contribution in [-0.2, 0) is 11.3 Å². The van der Waals surface area contributed by atoms with Gasteiger partial charge in [0.1, 0.15) is 17.8 Å². The van der Waals surface area contributed by atoms with Crippen molar-refractivity contribution >= 4 is 28.5 Å². The number of halogens is 1. The van der Waals surface area contributed by atoms with Crippen LogP contribution < -0.4 is 5.63 Å². The molecule has 0 saturated carbocycles. The number of carbonyl (C=O) groups excluding carboxylic acids is 1. The lowest BCUT2D eigenvalue weighted by Crippen LogP contribution is -2.10. The molecule has 0 amide bonds. The van der Waals surface area contributed by atoms with Gasteiger partial charge < -0.3 is 13.7 Å². The molecule has 0 aliphatic rings. The van der Waals surface area contributed by atoms with E-state index in [4.69, 9.17) is 25.3 Å². The summed E-state index contributed by atoms with van der Waals surface area (Å²) in [6.45, 7) is 7.20. The molecule has 0 atom stereocenters. The molecule has 0 N–H and O–H groups in total. The number of benzene rings is 1. The third kappa shape index (κ3) is 3.37. The molecule has 7 heteroatoms. The predicted molar refractivity (Wildman–Crippen MR) is 96.7 cm³/mol. The molecule has 136 valence electrons. The van der Waals surface area contributed by atoms with Gasteiger partial charge in [-0.05, 0) is 31.5 Å². The van der Waals surface area contributed by atoms with Gasteiger partial charge in [0, 0.05) is 28.0 Å². The second kappa shape index (κ2) is 6.96. The molecule has 0 aliphatic carbocycles. The topological polar surface area (TPSA) is 82.5 Å². The maximum Gasteiger partial charge on any atom is 0.344 e. The predicted octanol–water partition coefficient (Wildman–Crippen LogP) is 4.53. The van der Waals surface area contributed by atoms with Gasteiger partial charge in [-0.15, -0.1) is 0 Å². The highest BCUT2D eigenvalue weighted by molar-refractivity contribution is 6.32. The number of rotatable bonds is 4. The Kier molecular flexibility index (Phi) is 4.87. The second-order valence-electron chi connectivity index (χ2n) is 6.43. The first-order chi connectivity index (χ1) is 12.3. The summed E-state index contributed by atoms with van der Waals surface area (Å²) in [5.74, 6) is -0.0826. The SMILES string of the molecule is Cc1cc2oc(=O)cc(COC(=O)c3c(C)noc3C(C)C)c2cc1Cl. The van der Waals surface area contributed by atoms with Crippen LogP contribution in [0.1, 0.15) is 52.7 Å². The van der Waals surface area contributed by atoms with Gasteiger partial charge in [-0.2, -0.15) is 0 Å². The van der Waals surface area contributed by atoms with E-state index in [9.17, 15) is 9.59 Å². The first-order valence-corrected chi connectivity index (χ1v) is 8.52. The van der Waals surface area contributed by atoms with Crippen molar-refractivity contribution < 1.29 is 18.5 Å². The molecule has 0 bridgehead atoms. The van der Waals surface area contributed by atoms with Crippen LogP contribution in [0.15, 0.2) is 31.9 Å². The highest BCUT2D eigenvalue weighted by Gasteiger charge is 2.24. The maximum absolute atomic E-state index is 12.5. The fourth-order valence-corrected chi connectivity index (χ4v) is 2.88. The number of hydrogen-bond donors (Lipinski definition) is 0. The van der Waals surface area contributed by atoms with E-state index in [-0.39, 0.29) is 12.5 Å². The van der Waals surface area contributed by atoms with Gasteiger partial charge >= 0.3 is 11.6 Å². The van der Waals surface area contributed by atoms with E-state index in [1.807, 2.05) is 20.8 Å². The Hall–Kier alpha value is -2.60. The maximum atomic E-state index is 12.5. The Bertz CT molecular complexity index is 1050. The Labute approximate surface area is 154 Å². The summed E-state index contributed by atoms with van der Waals surface area (Å²) in [6.07, 6.45) is 0. The summed E-state index contributed by atoms with van der Waals surface area (Å²) in [4.78, 5) is 24.3. The number of ether oxygens (including phenoxy) is 1. The Morgan fingerprint density at radius 3 is 2.69 bits per heavy atom. The van der Waals surface area contributed by atoms with Crippen LogP contribution in [0.2, 0.25) is 5.02 Å². The number of aromatic nitrogens is 1. The molecule has 0 unspecified atom stereocenters. The van der Waals surface area contributed by atoms with Crippen LogP contribution in [0.25, 0.3) is 11.0 Å². The quantitative estimate of drug-likeness (QED) is 0.492. The lowest BCUT2D eigenvalue weighted by atomic mass is 10.1. The minimum atomic E-state index is -0.549. The van der Waals surface area contributed by atoms with E-state index in [1.54, 1.807) is 19.1 Å². The molecular formula is C19H18ClNO5. The fourth-order valence-electron chi connectivity index (χ4n) is 2.71. The monoisotopic (exact) mass is 375 g/mol. The first kappa shape index (κ1) is 18.2. The van der Waals surface area contributed by atoms with Gasteiger partial charge in [0.25, 0.3) is 0 Å². The van der Waals surface area contributed by atoms with E-state index in [0.29, 0.717) is 38.6 Å². The summed E-state index contributed by atoms with van der Waals surface area (Å²) < 4.78 is 15.8. The third-order valence-electron chi connectivity index (χ3n) is 4.09. The van der Waals surface area contributed by atoms with E-state index < -0.39 is 11.6 Å². The Balaban J connectivity index is 1.93. The molecule has 0 radical (unpaired) electrons. The highest BCUT2D eigenvalue weighted by atomic mass is 35.5. The average Bonchev–Trinajstić information content (AvgIpc) is 2.96. The molecule has 0 fully saturated rings. The molecule has 0 spiro atoms. The molecule has 0 aliphatic heterocycles. The van der Waals surface area contributed by atoms with Crippen molar-refractivity contribution in [3.8, 4) is 0 Å². The lowest BCUT2D eigenvalue weighted by molar-refractivity contribution is 0.0470. The third-order valence-corrected chi connectivity index (χ3v) is 4.49. The van der Waals surface area contributed by atoms with Gasteiger partial charge in [0.15, 0.2) is 5.76 Å². The molecule has 2 heterocycles. The zero-order chi connectivity index (χ0) is 19.0. The number of aryl methyl sites for hydroxylation is 2. The summed E-state index contributed by atoms with van der Waals surface area (Å²) in [5.41, 5.74) is 1.98. The normalized spacial score (nSPS) is 11.3. The fraction of sp³-hybridized carbons (Fsp3) is 0.316. The van der Waals surface area contributed by atoms with Gasteiger partial charge in [0.2, 0.25) is 0 Å². The first-order valence-electron chi connectivity index (χ1n) is 8.14. The second-order valence-corrected chi connectivity index (χ2v) is 6.83. The van der Waals surface area contributed by atoms with Gasteiger partial charge in [-0.25, -0.2) is 9.59 Å². The average molecular weight is 376 g/mol. The Morgan fingerprint density at radius 1 is 1.27 bits per heavy atom. The molecule has 1 aromatic carbocycles.